The molecular formula is C18H23O2P. The first kappa shape index (κ1) is 14.9. The second-order valence-corrected chi connectivity index (χ2v) is 9.11. The zero-order valence-electron chi connectivity index (χ0n) is 12.5. The van der Waals surface area contributed by atoms with Crippen LogP contribution in [0.3, 0.4) is 0 Å². The summed E-state index contributed by atoms with van der Waals surface area (Å²) in [6.07, 6.45) is 7.41. The van der Waals surface area contributed by atoms with E-state index in [0.717, 1.165) is 51.4 Å². The van der Waals surface area contributed by atoms with Gasteiger partial charge in [-0.05, 0) is 42.3 Å². The van der Waals surface area contributed by atoms with E-state index in [9.17, 15) is 9.59 Å². The van der Waals surface area contributed by atoms with E-state index in [0.29, 0.717) is 22.9 Å². The molecule has 0 spiro atoms. The highest BCUT2D eigenvalue weighted by Crippen LogP contribution is 2.53. The van der Waals surface area contributed by atoms with Crippen molar-refractivity contribution in [1.82, 2.24) is 0 Å². The first-order chi connectivity index (χ1) is 10.2. The average Bonchev–Trinajstić information content (AvgIpc) is 2.49. The van der Waals surface area contributed by atoms with Gasteiger partial charge in [-0.2, -0.15) is 0 Å². The summed E-state index contributed by atoms with van der Waals surface area (Å²) in [5.41, 5.74) is 0.999. The van der Waals surface area contributed by atoms with Crippen LogP contribution < -0.4 is 5.30 Å². The van der Waals surface area contributed by atoms with Gasteiger partial charge in [0.05, 0.1) is 0 Å². The number of Topliss-reactive ketones (excluding diaryl/α,β-unsaturated/α-hetero) is 2. The van der Waals surface area contributed by atoms with Crippen molar-refractivity contribution in [2.24, 2.45) is 0 Å². The average molecular weight is 302 g/mol. The number of ketones is 2. The van der Waals surface area contributed by atoms with E-state index in [1.165, 1.54) is 5.30 Å². The van der Waals surface area contributed by atoms with Crippen molar-refractivity contribution in [3.8, 4) is 0 Å². The molecule has 0 amide bonds. The van der Waals surface area contributed by atoms with Crippen LogP contribution in [0.15, 0.2) is 30.3 Å². The molecule has 2 atom stereocenters. The molecule has 112 valence electrons. The highest BCUT2D eigenvalue weighted by atomic mass is 31.1. The Labute approximate surface area is 128 Å². The van der Waals surface area contributed by atoms with Gasteiger partial charge in [0.15, 0.2) is 0 Å². The minimum atomic E-state index is -0.387. The van der Waals surface area contributed by atoms with Gasteiger partial charge in [0.25, 0.3) is 0 Å². The largest absolute Gasteiger partial charge is 0.300 e. The summed E-state index contributed by atoms with van der Waals surface area (Å²) in [5.74, 6) is 0.855. The second kappa shape index (κ2) is 6.83. The Hall–Kier alpha value is -1.01. The summed E-state index contributed by atoms with van der Waals surface area (Å²) in [6.45, 7) is 0. The number of carbonyl (C=O) groups excluding carboxylic acids is 2. The Morgan fingerprint density at radius 3 is 1.81 bits per heavy atom. The molecule has 0 aromatic heterocycles. The number of hydrogen-bond donors (Lipinski definition) is 0. The van der Waals surface area contributed by atoms with Crippen molar-refractivity contribution in [1.29, 1.82) is 0 Å². The lowest BCUT2D eigenvalue weighted by atomic mass is 9.98. The molecule has 2 nitrogen and oxygen atoms in total. The maximum absolute atomic E-state index is 11.9. The monoisotopic (exact) mass is 302 g/mol. The predicted octanol–water partition coefficient (Wildman–Crippen LogP) is 3.82. The van der Waals surface area contributed by atoms with Gasteiger partial charge in [-0.3, -0.25) is 9.59 Å². The van der Waals surface area contributed by atoms with E-state index in [-0.39, 0.29) is 7.92 Å². The van der Waals surface area contributed by atoms with Crippen LogP contribution in [0.25, 0.3) is 0 Å². The fraction of sp³-hybridized carbons (Fsp3) is 0.556. The number of rotatable bonds is 3. The van der Waals surface area contributed by atoms with Crippen LogP contribution in [0.5, 0.6) is 0 Å². The molecular weight excluding hydrogens is 279 g/mol. The molecule has 0 bridgehead atoms. The molecule has 0 saturated heterocycles. The Kier molecular flexibility index (Phi) is 4.85. The maximum Gasteiger partial charge on any atom is 0.133 e. The summed E-state index contributed by atoms with van der Waals surface area (Å²) >= 11 is 0. The molecule has 2 saturated carbocycles. The Balaban J connectivity index is 1.87. The maximum atomic E-state index is 11.9. The fourth-order valence-corrected chi connectivity index (χ4v) is 7.48. The third-order valence-electron chi connectivity index (χ3n) is 4.75. The van der Waals surface area contributed by atoms with Crippen molar-refractivity contribution in [2.75, 3.05) is 0 Å². The van der Waals surface area contributed by atoms with E-state index < -0.39 is 0 Å². The zero-order valence-corrected chi connectivity index (χ0v) is 13.4. The summed E-state index contributed by atoms with van der Waals surface area (Å²) < 4.78 is 0. The molecule has 21 heavy (non-hydrogen) atoms. The van der Waals surface area contributed by atoms with Gasteiger partial charge in [0.1, 0.15) is 11.6 Å². The van der Waals surface area contributed by atoms with Gasteiger partial charge in [-0.1, -0.05) is 38.3 Å². The van der Waals surface area contributed by atoms with Gasteiger partial charge in [0, 0.05) is 25.7 Å². The van der Waals surface area contributed by atoms with Crippen molar-refractivity contribution < 1.29 is 9.59 Å². The van der Waals surface area contributed by atoms with E-state index in [1.54, 1.807) is 0 Å². The van der Waals surface area contributed by atoms with E-state index in [1.807, 2.05) is 0 Å². The number of benzene rings is 1. The molecule has 1 aromatic rings. The Morgan fingerprint density at radius 2 is 1.33 bits per heavy atom. The quantitative estimate of drug-likeness (QED) is 0.796. The van der Waals surface area contributed by atoms with Crippen LogP contribution in [-0.2, 0) is 9.59 Å². The van der Waals surface area contributed by atoms with E-state index >= 15 is 0 Å². The molecule has 0 N–H and O–H groups in total. The van der Waals surface area contributed by atoms with Gasteiger partial charge in [-0.15, -0.1) is 0 Å². The van der Waals surface area contributed by atoms with Crippen molar-refractivity contribution in [3.63, 3.8) is 0 Å². The molecule has 0 radical (unpaired) electrons. The normalized spacial score (nSPS) is 28.4. The minimum absolute atomic E-state index is 0.387. The smallest absolute Gasteiger partial charge is 0.133 e. The molecule has 2 fully saturated rings. The van der Waals surface area contributed by atoms with Crippen molar-refractivity contribution in [3.05, 3.63) is 30.3 Å². The first-order valence-corrected chi connectivity index (χ1v) is 9.59. The Bertz CT molecular complexity index is 483. The third-order valence-corrected chi connectivity index (χ3v) is 8.10. The molecule has 2 aliphatic rings. The van der Waals surface area contributed by atoms with Crippen LogP contribution >= 0.6 is 7.92 Å². The molecule has 0 heterocycles. The molecule has 3 heteroatoms. The van der Waals surface area contributed by atoms with Gasteiger partial charge >= 0.3 is 0 Å². The topological polar surface area (TPSA) is 34.1 Å². The van der Waals surface area contributed by atoms with Crippen LogP contribution in [0, 0.1) is 0 Å². The molecule has 3 rings (SSSR count). The molecule has 1 aromatic carbocycles. The summed E-state index contributed by atoms with van der Waals surface area (Å²) in [6, 6.07) is 10.7. The van der Waals surface area contributed by atoms with Gasteiger partial charge in [0.2, 0.25) is 0 Å². The lowest BCUT2D eigenvalue weighted by Crippen LogP contribution is -2.30. The lowest BCUT2D eigenvalue weighted by molar-refractivity contribution is -0.120. The summed E-state index contributed by atoms with van der Waals surface area (Å²) in [7, 11) is -0.387. The van der Waals surface area contributed by atoms with Gasteiger partial charge in [-0.25, -0.2) is 0 Å². The highest BCUT2D eigenvalue weighted by molar-refractivity contribution is 7.67. The summed E-state index contributed by atoms with van der Waals surface area (Å²) in [4.78, 5) is 23.8. The predicted molar refractivity (Wildman–Crippen MR) is 87.5 cm³/mol. The van der Waals surface area contributed by atoms with E-state index in [2.05, 4.69) is 30.3 Å². The zero-order chi connectivity index (χ0) is 14.7. The third kappa shape index (κ3) is 3.61. The van der Waals surface area contributed by atoms with E-state index in [4.69, 9.17) is 0 Å². The Morgan fingerprint density at radius 1 is 0.810 bits per heavy atom. The molecule has 2 unspecified atom stereocenters. The van der Waals surface area contributed by atoms with Crippen LogP contribution in [0.1, 0.15) is 51.4 Å². The fourth-order valence-electron chi connectivity index (χ4n) is 3.80. The van der Waals surface area contributed by atoms with Crippen LogP contribution in [0.2, 0.25) is 0 Å². The molecule has 2 aliphatic carbocycles. The number of hydrogen-bond acceptors (Lipinski definition) is 2. The highest BCUT2D eigenvalue weighted by Gasteiger charge is 2.35. The minimum Gasteiger partial charge on any atom is -0.300 e. The SMILES string of the molecule is O=C1CCCC(P(c2ccccc2)C2CCCC(=O)C2)C1. The first-order valence-electron chi connectivity index (χ1n) is 8.11. The van der Waals surface area contributed by atoms with Crippen LogP contribution in [-0.4, -0.2) is 22.9 Å². The molecule has 0 aliphatic heterocycles. The van der Waals surface area contributed by atoms with Crippen LogP contribution in [0.4, 0.5) is 0 Å². The van der Waals surface area contributed by atoms with Crippen molar-refractivity contribution in [2.45, 2.75) is 62.7 Å². The van der Waals surface area contributed by atoms with Gasteiger partial charge < -0.3 is 0 Å². The second-order valence-electron chi connectivity index (χ2n) is 6.32. The standard InChI is InChI=1S/C18H23O2P/c19-14-6-4-10-17(12-14)21(16-8-2-1-3-9-16)18-11-5-7-15(20)13-18/h1-3,8-9,17-18H,4-7,10-13H2. The van der Waals surface area contributed by atoms with Crippen molar-refractivity contribution >= 4 is 24.8 Å². The summed E-state index contributed by atoms with van der Waals surface area (Å²) in [5, 5.41) is 1.40. The number of carbonyl (C=O) groups is 2. The lowest BCUT2D eigenvalue weighted by Gasteiger charge is -2.37.